The number of hydrogen-bond donors (Lipinski definition) is 6. The first-order valence-corrected chi connectivity index (χ1v) is 13.7. The molecule has 0 aliphatic carbocycles. The molecule has 2 amide bonds. The Bertz CT molecular complexity index is 1740. The second kappa shape index (κ2) is 13.6. The van der Waals surface area contributed by atoms with Crippen molar-refractivity contribution in [3.05, 3.63) is 82.9 Å². The van der Waals surface area contributed by atoms with Crippen molar-refractivity contribution in [1.29, 1.82) is 0 Å². The molecule has 18 nitrogen and oxygen atoms in total. The molecule has 0 saturated carbocycles. The van der Waals surface area contributed by atoms with E-state index in [0.717, 1.165) is 22.8 Å². The van der Waals surface area contributed by atoms with Gasteiger partial charge in [-0.25, -0.2) is 19.7 Å². The van der Waals surface area contributed by atoms with Gasteiger partial charge in [0, 0.05) is 17.8 Å². The number of amides is 2. The minimum Gasteiger partial charge on any atom is -0.445 e. The molecule has 18 heteroatoms. The van der Waals surface area contributed by atoms with E-state index in [1.165, 1.54) is 24.3 Å². The van der Waals surface area contributed by atoms with Gasteiger partial charge in [0.2, 0.25) is 17.4 Å². The summed E-state index contributed by atoms with van der Waals surface area (Å²) in [6, 6.07) is 14.3. The molecule has 2 aromatic heterocycles. The fourth-order valence-corrected chi connectivity index (χ4v) is 4.78. The lowest BCUT2D eigenvalue weighted by Crippen LogP contribution is -2.55. The number of aromatic nitrogens is 4. The van der Waals surface area contributed by atoms with Crippen molar-refractivity contribution in [2.45, 2.75) is 30.6 Å². The predicted octanol–water partition coefficient (Wildman–Crippen LogP) is -0.144. The molecule has 1 fully saturated rings. The molecule has 1 saturated heterocycles. The van der Waals surface area contributed by atoms with Crippen molar-refractivity contribution >= 4 is 46.1 Å². The van der Waals surface area contributed by atoms with Crippen molar-refractivity contribution < 1.29 is 44.1 Å². The maximum absolute atomic E-state index is 13.7. The summed E-state index contributed by atoms with van der Waals surface area (Å²) in [6.45, 7) is -2.06. The van der Waals surface area contributed by atoms with E-state index in [1.807, 2.05) is 6.07 Å². The number of nitrogens with zero attached hydrogens (tertiary/aromatic N) is 5. The topological polar surface area (TPSA) is 253 Å². The molecule has 46 heavy (non-hydrogen) atoms. The Morgan fingerprint density at radius 2 is 1.76 bits per heavy atom. The number of aliphatic hydroxyl groups is 3. The first-order valence-electron chi connectivity index (χ1n) is 13.7. The fraction of sp³-hybridized carbons (Fsp3) is 0.286. The third kappa shape index (κ3) is 6.44. The van der Waals surface area contributed by atoms with Crippen molar-refractivity contribution in [3.8, 4) is 0 Å². The molecule has 5 rings (SSSR count). The standard InChI is InChI=1S/C28H28N8O10/c37-12-19-23(40)24(41)28(46-19,20(38)10-29-21(39)11-30-27(42)45-13-16-4-2-1-3-5-16)35-15-33-22-25(31-14-32-26(22)35)34-17-6-8-18(9-7-17)36(43)44/h1-9,14-15,19,23-24,37,40-41H,10-13H2,(H,29,39)(H,30,42)(H,31,32,34)/t19-,23-,24-,28-/m1/s1. The molecule has 6 N–H and O–H groups in total. The van der Waals surface area contributed by atoms with E-state index in [-0.39, 0.29) is 29.3 Å². The molecule has 0 radical (unpaired) electrons. The number of ether oxygens (including phenoxy) is 2. The summed E-state index contributed by atoms with van der Waals surface area (Å²) in [4.78, 5) is 61.2. The van der Waals surface area contributed by atoms with Gasteiger partial charge in [0.15, 0.2) is 17.0 Å². The first-order chi connectivity index (χ1) is 22.1. The quantitative estimate of drug-likeness (QED) is 0.0874. The Kier molecular flexibility index (Phi) is 9.42. The van der Waals surface area contributed by atoms with Gasteiger partial charge in [-0.05, 0) is 17.7 Å². The number of hydrogen-bond acceptors (Lipinski definition) is 14. The van der Waals surface area contributed by atoms with E-state index < -0.39 is 66.4 Å². The van der Waals surface area contributed by atoms with Crippen LogP contribution in [0.2, 0.25) is 0 Å². The second-order valence-corrected chi connectivity index (χ2v) is 10.0. The molecule has 1 aliphatic heterocycles. The lowest BCUT2D eigenvalue weighted by atomic mass is 9.97. The van der Waals surface area contributed by atoms with Crippen LogP contribution in [0.25, 0.3) is 11.2 Å². The number of nitro groups is 1. The van der Waals surface area contributed by atoms with E-state index >= 15 is 0 Å². The van der Waals surface area contributed by atoms with Crippen LogP contribution in [0.4, 0.5) is 22.0 Å². The maximum Gasteiger partial charge on any atom is 0.407 e. The summed E-state index contributed by atoms with van der Waals surface area (Å²) in [5.74, 6) is -1.59. The average Bonchev–Trinajstić information content (AvgIpc) is 3.62. The number of aliphatic hydroxyl groups excluding tert-OH is 3. The molecule has 3 heterocycles. The second-order valence-electron chi connectivity index (χ2n) is 10.0. The highest BCUT2D eigenvalue weighted by atomic mass is 16.6. The van der Waals surface area contributed by atoms with Crippen LogP contribution in [-0.4, -0.2) is 95.6 Å². The SMILES string of the molecule is O=C(CNC(=O)OCc1ccccc1)NCC(=O)[C@@]1(n2cnc3c(Nc4ccc([N+](=O)[O-])cc4)ncnc32)O[C@H](CO)[C@@H](O)[C@H]1O. The molecule has 1 aliphatic rings. The predicted molar refractivity (Wildman–Crippen MR) is 156 cm³/mol. The Morgan fingerprint density at radius 1 is 1.02 bits per heavy atom. The number of alkyl carbamates (subject to hydrolysis) is 1. The monoisotopic (exact) mass is 636 g/mol. The summed E-state index contributed by atoms with van der Waals surface area (Å²) in [7, 11) is 0. The van der Waals surface area contributed by atoms with Crippen LogP contribution in [0, 0.1) is 10.1 Å². The Balaban J connectivity index is 1.32. The Morgan fingerprint density at radius 3 is 2.43 bits per heavy atom. The first kappa shape index (κ1) is 31.9. The fourth-order valence-electron chi connectivity index (χ4n) is 4.78. The highest BCUT2D eigenvalue weighted by molar-refractivity contribution is 5.94. The van der Waals surface area contributed by atoms with Crippen molar-refractivity contribution in [1.82, 2.24) is 30.2 Å². The third-order valence-electron chi connectivity index (χ3n) is 7.10. The van der Waals surface area contributed by atoms with Crippen molar-refractivity contribution in [3.63, 3.8) is 0 Å². The van der Waals surface area contributed by atoms with Gasteiger partial charge in [0.05, 0.1) is 18.1 Å². The van der Waals surface area contributed by atoms with E-state index in [9.17, 15) is 39.8 Å². The molecule has 4 atom stereocenters. The lowest BCUT2D eigenvalue weighted by molar-refractivity contribution is -0.384. The number of benzene rings is 2. The lowest BCUT2D eigenvalue weighted by Gasteiger charge is -2.32. The average molecular weight is 637 g/mol. The zero-order chi connectivity index (χ0) is 32.8. The van der Waals surface area contributed by atoms with Gasteiger partial charge in [0.25, 0.3) is 5.69 Å². The van der Waals surface area contributed by atoms with Crippen molar-refractivity contribution in [2.75, 3.05) is 25.0 Å². The number of fused-ring (bicyclic) bond motifs is 1. The molecular formula is C28H28N8O10. The third-order valence-corrected chi connectivity index (χ3v) is 7.10. The number of non-ortho nitro benzene ring substituents is 1. The number of imidazole rings is 1. The number of rotatable bonds is 12. The smallest absolute Gasteiger partial charge is 0.407 e. The minimum absolute atomic E-state index is 0.0214. The van der Waals surface area contributed by atoms with E-state index in [4.69, 9.17) is 9.47 Å². The van der Waals surface area contributed by atoms with Gasteiger partial charge >= 0.3 is 6.09 Å². The summed E-state index contributed by atoms with van der Waals surface area (Å²) < 4.78 is 11.9. The summed E-state index contributed by atoms with van der Waals surface area (Å²) >= 11 is 0. The van der Waals surface area contributed by atoms with Gasteiger partial charge in [-0.15, -0.1) is 0 Å². The van der Waals surface area contributed by atoms with Crippen LogP contribution >= 0.6 is 0 Å². The number of anilines is 2. The molecule has 240 valence electrons. The van der Waals surface area contributed by atoms with E-state index in [0.29, 0.717) is 5.69 Å². The zero-order valence-electron chi connectivity index (χ0n) is 23.8. The summed E-state index contributed by atoms with van der Waals surface area (Å²) in [5.41, 5.74) is -1.32. The van der Waals surface area contributed by atoms with Gasteiger partial charge in [0.1, 0.15) is 44.1 Å². The van der Waals surface area contributed by atoms with Crippen molar-refractivity contribution in [2.24, 2.45) is 0 Å². The number of nitrogens with one attached hydrogen (secondary N) is 3. The molecule has 4 aromatic rings. The molecule has 2 aromatic carbocycles. The summed E-state index contributed by atoms with van der Waals surface area (Å²) in [5, 5.41) is 50.0. The summed E-state index contributed by atoms with van der Waals surface area (Å²) in [6.07, 6.45) is -3.69. The molecular weight excluding hydrogens is 608 g/mol. The van der Waals surface area contributed by atoms with E-state index in [1.54, 1.807) is 24.3 Å². The van der Waals surface area contributed by atoms with E-state index in [2.05, 4.69) is 30.9 Å². The van der Waals surface area contributed by atoms with Crippen LogP contribution in [-0.2, 0) is 31.4 Å². The Labute approximate surface area is 259 Å². The highest BCUT2D eigenvalue weighted by Gasteiger charge is 2.60. The Hall–Kier alpha value is -5.56. The van der Waals surface area contributed by atoms with Gasteiger partial charge in [-0.2, -0.15) is 0 Å². The number of carbonyl (C=O) groups excluding carboxylic acids is 3. The van der Waals surface area contributed by atoms with Crippen LogP contribution < -0.4 is 16.0 Å². The number of ketones is 1. The maximum atomic E-state index is 13.7. The zero-order valence-corrected chi connectivity index (χ0v) is 23.8. The van der Waals surface area contributed by atoms with Crippen LogP contribution in [0.5, 0.6) is 0 Å². The van der Waals surface area contributed by atoms with Gasteiger partial charge in [-0.1, -0.05) is 30.3 Å². The highest BCUT2D eigenvalue weighted by Crippen LogP contribution is 2.39. The van der Waals surface area contributed by atoms with Crippen LogP contribution in [0.1, 0.15) is 5.56 Å². The largest absolute Gasteiger partial charge is 0.445 e. The van der Waals surface area contributed by atoms with Crippen LogP contribution in [0.3, 0.4) is 0 Å². The minimum atomic E-state index is -2.41. The number of carbonyl (C=O) groups is 3. The molecule has 0 spiro atoms. The van der Waals surface area contributed by atoms with Crippen LogP contribution in [0.15, 0.2) is 67.3 Å². The normalized spacial score (nSPS) is 20.6. The van der Waals surface area contributed by atoms with Gasteiger partial charge in [-0.3, -0.25) is 24.3 Å². The molecule has 0 bridgehead atoms. The van der Waals surface area contributed by atoms with Gasteiger partial charge < -0.3 is 40.7 Å². The number of Topliss-reactive ketones (excluding diaryl/α,β-unsaturated/α-hetero) is 1. The molecule has 0 unspecified atom stereocenters. The number of nitro benzene ring substituents is 1.